The van der Waals surface area contributed by atoms with Crippen LogP contribution in [0.5, 0.6) is 0 Å². The molecule has 1 aliphatic rings. The lowest BCUT2D eigenvalue weighted by molar-refractivity contribution is -0.0333. The lowest BCUT2D eigenvalue weighted by Gasteiger charge is -2.36. The van der Waals surface area contributed by atoms with Crippen molar-refractivity contribution >= 4 is 0 Å². The number of aryl methyl sites for hydroxylation is 1. The fourth-order valence-electron chi connectivity index (χ4n) is 2.41. The first-order valence-corrected chi connectivity index (χ1v) is 6.06. The summed E-state index contributed by atoms with van der Waals surface area (Å²) in [4.78, 5) is 0. The molecule has 0 saturated carbocycles. The minimum absolute atomic E-state index is 0.0561. The summed E-state index contributed by atoms with van der Waals surface area (Å²) in [7, 11) is 1.85. The van der Waals surface area contributed by atoms with Crippen LogP contribution in [0.25, 0.3) is 0 Å². The molecule has 1 aromatic rings. The van der Waals surface area contributed by atoms with Crippen LogP contribution in [-0.2, 0) is 11.2 Å². The molecule has 1 heterocycles. The van der Waals surface area contributed by atoms with Crippen molar-refractivity contribution in [3.8, 4) is 0 Å². The van der Waals surface area contributed by atoms with Gasteiger partial charge in [0.15, 0.2) is 0 Å². The van der Waals surface area contributed by atoms with Crippen LogP contribution in [0, 0.1) is 6.92 Å². The van der Waals surface area contributed by atoms with E-state index < -0.39 is 0 Å². The van der Waals surface area contributed by atoms with E-state index in [-0.39, 0.29) is 5.60 Å². The summed E-state index contributed by atoms with van der Waals surface area (Å²) in [6, 6.07) is 8.80. The van der Waals surface area contributed by atoms with E-state index in [0.29, 0.717) is 0 Å². The van der Waals surface area contributed by atoms with Crippen LogP contribution >= 0.6 is 0 Å². The Morgan fingerprint density at radius 2 is 1.81 bits per heavy atom. The normalized spacial score (nSPS) is 19.6. The van der Waals surface area contributed by atoms with E-state index in [1.807, 2.05) is 7.11 Å². The molecule has 0 aromatic heterocycles. The highest BCUT2D eigenvalue weighted by Crippen LogP contribution is 2.27. The highest BCUT2D eigenvalue weighted by Gasteiger charge is 2.31. The third kappa shape index (κ3) is 2.63. The Labute approximate surface area is 98.0 Å². The molecule has 0 spiro atoms. The maximum absolute atomic E-state index is 5.77. The van der Waals surface area contributed by atoms with Gasteiger partial charge in [0.25, 0.3) is 0 Å². The Hall–Kier alpha value is -0.860. The van der Waals surface area contributed by atoms with Crippen LogP contribution in [0.15, 0.2) is 24.3 Å². The molecule has 0 radical (unpaired) electrons. The predicted octanol–water partition coefficient (Wildman–Crippen LogP) is 2.31. The first-order valence-electron chi connectivity index (χ1n) is 6.06. The van der Waals surface area contributed by atoms with Gasteiger partial charge in [-0.2, -0.15) is 0 Å². The lowest BCUT2D eigenvalue weighted by atomic mass is 9.85. The molecule has 16 heavy (non-hydrogen) atoms. The molecule has 1 saturated heterocycles. The largest absolute Gasteiger partial charge is 0.378 e. The van der Waals surface area contributed by atoms with Crippen LogP contribution in [0.2, 0.25) is 0 Å². The summed E-state index contributed by atoms with van der Waals surface area (Å²) in [6.07, 6.45) is 3.25. The molecule has 0 amide bonds. The number of ether oxygens (including phenoxy) is 1. The topological polar surface area (TPSA) is 21.3 Å². The summed E-state index contributed by atoms with van der Waals surface area (Å²) in [6.45, 7) is 4.26. The van der Waals surface area contributed by atoms with Crippen molar-refractivity contribution in [1.82, 2.24) is 5.32 Å². The number of rotatable bonds is 3. The second-order valence-electron chi connectivity index (χ2n) is 4.80. The SMILES string of the molecule is COC1(Cc2ccc(C)cc2)CCNCC1. The molecule has 2 nitrogen and oxygen atoms in total. The van der Waals surface area contributed by atoms with Gasteiger partial charge in [0.2, 0.25) is 0 Å². The molecule has 2 heteroatoms. The van der Waals surface area contributed by atoms with Crippen LogP contribution in [-0.4, -0.2) is 25.8 Å². The average Bonchev–Trinajstić information content (AvgIpc) is 2.33. The molecule has 1 N–H and O–H groups in total. The molecule has 1 aliphatic heterocycles. The van der Waals surface area contributed by atoms with Gasteiger partial charge in [-0.15, -0.1) is 0 Å². The van der Waals surface area contributed by atoms with Crippen molar-refractivity contribution in [3.05, 3.63) is 35.4 Å². The van der Waals surface area contributed by atoms with Crippen molar-refractivity contribution in [2.45, 2.75) is 31.8 Å². The minimum Gasteiger partial charge on any atom is -0.378 e. The highest BCUT2D eigenvalue weighted by molar-refractivity contribution is 5.23. The first kappa shape index (κ1) is 11.6. The van der Waals surface area contributed by atoms with Crippen molar-refractivity contribution in [3.63, 3.8) is 0 Å². The summed E-state index contributed by atoms with van der Waals surface area (Å²) in [5.41, 5.74) is 2.76. The number of hydrogen-bond acceptors (Lipinski definition) is 2. The summed E-state index contributed by atoms with van der Waals surface area (Å²) < 4.78 is 5.77. The third-order valence-electron chi connectivity index (χ3n) is 3.59. The molecule has 88 valence electrons. The predicted molar refractivity (Wildman–Crippen MR) is 66.7 cm³/mol. The zero-order valence-electron chi connectivity index (χ0n) is 10.3. The second kappa shape index (κ2) is 4.98. The standard InChI is InChI=1S/C14H21NO/c1-12-3-5-13(6-4-12)11-14(16-2)7-9-15-10-8-14/h3-6,15H,7-11H2,1-2H3. The number of piperidine rings is 1. The fourth-order valence-corrected chi connectivity index (χ4v) is 2.41. The fraction of sp³-hybridized carbons (Fsp3) is 0.571. The summed E-state index contributed by atoms with van der Waals surface area (Å²) in [5, 5.41) is 3.39. The number of methoxy groups -OCH3 is 1. The van der Waals surface area contributed by atoms with E-state index in [0.717, 1.165) is 32.4 Å². The van der Waals surface area contributed by atoms with E-state index in [2.05, 4.69) is 36.5 Å². The van der Waals surface area contributed by atoms with Gasteiger partial charge in [-0.05, 0) is 38.4 Å². The van der Waals surface area contributed by atoms with Crippen LogP contribution in [0.3, 0.4) is 0 Å². The van der Waals surface area contributed by atoms with Gasteiger partial charge in [-0.25, -0.2) is 0 Å². The molecule has 1 aromatic carbocycles. The van der Waals surface area contributed by atoms with Crippen LogP contribution < -0.4 is 5.32 Å². The van der Waals surface area contributed by atoms with E-state index in [1.54, 1.807) is 0 Å². The Balaban J connectivity index is 2.08. The summed E-state index contributed by atoms with van der Waals surface area (Å²) >= 11 is 0. The Bertz CT molecular complexity index is 325. The molecule has 2 rings (SSSR count). The smallest absolute Gasteiger partial charge is 0.0743 e. The van der Waals surface area contributed by atoms with E-state index >= 15 is 0 Å². The molecule has 0 atom stereocenters. The van der Waals surface area contributed by atoms with E-state index in [4.69, 9.17) is 4.74 Å². The van der Waals surface area contributed by atoms with Gasteiger partial charge in [-0.1, -0.05) is 29.8 Å². The monoisotopic (exact) mass is 219 g/mol. The summed E-state index contributed by atoms with van der Waals surface area (Å²) in [5.74, 6) is 0. The molecule has 0 unspecified atom stereocenters. The molecule has 0 bridgehead atoms. The Kier molecular flexibility index (Phi) is 3.62. The average molecular weight is 219 g/mol. The zero-order valence-corrected chi connectivity index (χ0v) is 10.3. The van der Waals surface area contributed by atoms with Crippen molar-refractivity contribution in [1.29, 1.82) is 0 Å². The van der Waals surface area contributed by atoms with Crippen LogP contribution in [0.4, 0.5) is 0 Å². The maximum Gasteiger partial charge on any atom is 0.0743 e. The van der Waals surface area contributed by atoms with Gasteiger partial charge >= 0.3 is 0 Å². The third-order valence-corrected chi connectivity index (χ3v) is 3.59. The van der Waals surface area contributed by atoms with Crippen molar-refractivity contribution in [2.75, 3.05) is 20.2 Å². The van der Waals surface area contributed by atoms with Crippen molar-refractivity contribution < 1.29 is 4.74 Å². The van der Waals surface area contributed by atoms with Gasteiger partial charge in [-0.3, -0.25) is 0 Å². The van der Waals surface area contributed by atoms with Gasteiger partial charge in [0.1, 0.15) is 0 Å². The molecular formula is C14H21NO. The van der Waals surface area contributed by atoms with Crippen molar-refractivity contribution in [2.24, 2.45) is 0 Å². The van der Waals surface area contributed by atoms with E-state index in [1.165, 1.54) is 11.1 Å². The molecule has 1 fully saturated rings. The highest BCUT2D eigenvalue weighted by atomic mass is 16.5. The maximum atomic E-state index is 5.77. The Morgan fingerprint density at radius 1 is 1.19 bits per heavy atom. The quantitative estimate of drug-likeness (QED) is 0.842. The lowest BCUT2D eigenvalue weighted by Crippen LogP contribution is -2.44. The van der Waals surface area contributed by atoms with Crippen LogP contribution in [0.1, 0.15) is 24.0 Å². The minimum atomic E-state index is 0.0561. The zero-order chi connectivity index (χ0) is 11.4. The van der Waals surface area contributed by atoms with E-state index in [9.17, 15) is 0 Å². The first-order chi connectivity index (χ1) is 7.74. The number of hydrogen-bond donors (Lipinski definition) is 1. The number of benzene rings is 1. The number of nitrogens with one attached hydrogen (secondary N) is 1. The molecular weight excluding hydrogens is 198 g/mol. The Morgan fingerprint density at radius 3 is 2.38 bits per heavy atom. The van der Waals surface area contributed by atoms with Gasteiger partial charge in [0, 0.05) is 13.5 Å². The van der Waals surface area contributed by atoms with Gasteiger partial charge < -0.3 is 10.1 Å². The van der Waals surface area contributed by atoms with Gasteiger partial charge in [0.05, 0.1) is 5.60 Å². The second-order valence-corrected chi connectivity index (χ2v) is 4.80. The molecule has 0 aliphatic carbocycles.